The molecule has 1 N–H and O–H groups in total. The van der Waals surface area contributed by atoms with Gasteiger partial charge in [-0.1, -0.05) is 67.6 Å². The summed E-state index contributed by atoms with van der Waals surface area (Å²) < 4.78 is 6.65. The molecule has 2 aromatic heterocycles. The highest BCUT2D eigenvalue weighted by molar-refractivity contribution is 7.16. The Hall–Kier alpha value is -4.37. The second-order valence-electron chi connectivity index (χ2n) is 8.51. The SMILES string of the molecule is CC(C)c1nn2c(=O)cc(COC(=O)c3cccc(NC(=O)c4cccc5ccccc45)c3)nc2s1. The molecule has 0 aliphatic heterocycles. The maximum absolute atomic E-state index is 12.9. The van der Waals surface area contributed by atoms with E-state index in [1.54, 1.807) is 30.3 Å². The van der Waals surface area contributed by atoms with Gasteiger partial charge in [0.2, 0.25) is 4.96 Å². The van der Waals surface area contributed by atoms with Gasteiger partial charge in [0.25, 0.3) is 11.5 Å². The van der Waals surface area contributed by atoms with Crippen molar-refractivity contribution < 1.29 is 14.3 Å². The first-order chi connectivity index (χ1) is 17.4. The molecule has 0 atom stereocenters. The van der Waals surface area contributed by atoms with Crippen molar-refractivity contribution in [2.45, 2.75) is 26.4 Å². The van der Waals surface area contributed by atoms with Gasteiger partial charge in [-0.25, -0.2) is 9.78 Å². The third-order valence-electron chi connectivity index (χ3n) is 5.55. The van der Waals surface area contributed by atoms with E-state index in [1.807, 2.05) is 50.2 Å². The number of ether oxygens (including phenoxy) is 1. The Morgan fingerprint density at radius 1 is 1.03 bits per heavy atom. The summed E-state index contributed by atoms with van der Waals surface area (Å²) in [7, 11) is 0. The molecule has 0 saturated heterocycles. The number of esters is 1. The van der Waals surface area contributed by atoms with Crippen molar-refractivity contribution in [3.8, 4) is 0 Å². The molecule has 9 heteroatoms. The van der Waals surface area contributed by atoms with Gasteiger partial charge in [0.05, 0.1) is 11.3 Å². The van der Waals surface area contributed by atoms with Gasteiger partial charge in [0, 0.05) is 23.2 Å². The van der Waals surface area contributed by atoms with Crippen molar-refractivity contribution in [1.29, 1.82) is 0 Å². The quantitative estimate of drug-likeness (QED) is 0.329. The highest BCUT2D eigenvalue weighted by atomic mass is 32.1. The van der Waals surface area contributed by atoms with Crippen molar-refractivity contribution in [1.82, 2.24) is 14.6 Å². The van der Waals surface area contributed by atoms with Gasteiger partial charge in [-0.3, -0.25) is 9.59 Å². The van der Waals surface area contributed by atoms with Gasteiger partial charge in [0.1, 0.15) is 11.6 Å². The predicted octanol–water partition coefficient (Wildman–Crippen LogP) is 5.04. The molecular weight excluding hydrogens is 476 g/mol. The third kappa shape index (κ3) is 4.73. The number of hydrogen-bond donors (Lipinski definition) is 1. The Morgan fingerprint density at radius 3 is 2.64 bits per heavy atom. The minimum atomic E-state index is -0.592. The number of nitrogens with one attached hydrogen (secondary N) is 1. The van der Waals surface area contributed by atoms with E-state index in [4.69, 9.17) is 4.74 Å². The van der Waals surface area contributed by atoms with Crippen molar-refractivity contribution in [2.24, 2.45) is 0 Å². The zero-order valence-corrected chi connectivity index (χ0v) is 20.4. The molecular formula is C27H22N4O4S. The van der Waals surface area contributed by atoms with E-state index in [0.717, 1.165) is 15.8 Å². The fourth-order valence-electron chi connectivity index (χ4n) is 3.75. The molecule has 0 radical (unpaired) electrons. The lowest BCUT2D eigenvalue weighted by Gasteiger charge is -2.10. The molecule has 3 aromatic carbocycles. The van der Waals surface area contributed by atoms with E-state index in [9.17, 15) is 14.4 Å². The van der Waals surface area contributed by atoms with E-state index in [-0.39, 0.29) is 29.6 Å². The summed E-state index contributed by atoms with van der Waals surface area (Å²) in [6, 6.07) is 21.0. The second-order valence-corrected chi connectivity index (χ2v) is 9.50. The lowest BCUT2D eigenvalue weighted by Crippen LogP contribution is -2.17. The Labute approximate surface area is 210 Å². The fourth-order valence-corrected chi connectivity index (χ4v) is 4.67. The van der Waals surface area contributed by atoms with Crippen LogP contribution in [0.4, 0.5) is 5.69 Å². The van der Waals surface area contributed by atoms with E-state index < -0.39 is 5.97 Å². The molecule has 5 aromatic rings. The van der Waals surface area contributed by atoms with Crippen molar-refractivity contribution in [3.05, 3.63) is 105 Å². The van der Waals surface area contributed by atoms with Crippen LogP contribution in [0.1, 0.15) is 51.2 Å². The predicted molar refractivity (Wildman–Crippen MR) is 139 cm³/mol. The Balaban J connectivity index is 1.29. The van der Waals surface area contributed by atoms with Gasteiger partial charge >= 0.3 is 5.97 Å². The summed E-state index contributed by atoms with van der Waals surface area (Å²) >= 11 is 1.33. The zero-order valence-electron chi connectivity index (χ0n) is 19.6. The van der Waals surface area contributed by atoms with E-state index in [0.29, 0.717) is 21.9 Å². The van der Waals surface area contributed by atoms with E-state index in [2.05, 4.69) is 15.4 Å². The lowest BCUT2D eigenvalue weighted by molar-refractivity contribution is 0.0467. The van der Waals surface area contributed by atoms with Crippen LogP contribution in [0.3, 0.4) is 0 Å². The molecule has 1 amide bonds. The standard InChI is InChI=1S/C27H22N4O4S/c1-16(2)25-30-31-23(32)14-20(29-27(31)36-25)15-35-26(34)18-9-5-10-19(13-18)28-24(33)22-12-6-8-17-7-3-4-11-21(17)22/h3-14,16H,15H2,1-2H3,(H,28,33). The second kappa shape index (κ2) is 9.71. The summed E-state index contributed by atoms with van der Waals surface area (Å²) in [4.78, 5) is 42.9. The number of anilines is 1. The molecule has 180 valence electrons. The molecule has 0 bridgehead atoms. The number of nitrogens with zero attached hydrogens (tertiary/aromatic N) is 3. The average Bonchev–Trinajstić information content (AvgIpc) is 3.32. The molecule has 36 heavy (non-hydrogen) atoms. The number of aromatic nitrogens is 3. The van der Waals surface area contributed by atoms with Gasteiger partial charge < -0.3 is 10.1 Å². The van der Waals surface area contributed by atoms with Crippen molar-refractivity contribution >= 4 is 44.6 Å². The topological polar surface area (TPSA) is 103 Å². The molecule has 0 aliphatic carbocycles. The Bertz CT molecular complexity index is 1670. The third-order valence-corrected chi connectivity index (χ3v) is 6.76. The first-order valence-corrected chi connectivity index (χ1v) is 12.2. The molecule has 0 saturated carbocycles. The zero-order chi connectivity index (χ0) is 25.2. The summed E-state index contributed by atoms with van der Waals surface area (Å²) in [5, 5.41) is 9.75. The summed E-state index contributed by atoms with van der Waals surface area (Å²) in [5.74, 6) is -0.697. The van der Waals surface area contributed by atoms with Gasteiger partial charge in [-0.15, -0.1) is 0 Å². The van der Waals surface area contributed by atoms with Gasteiger partial charge in [-0.05, 0) is 35.0 Å². The van der Waals surface area contributed by atoms with Crippen LogP contribution in [-0.4, -0.2) is 26.5 Å². The molecule has 0 fully saturated rings. The summed E-state index contributed by atoms with van der Waals surface area (Å²) in [6.07, 6.45) is 0. The normalized spacial score (nSPS) is 11.2. The lowest BCUT2D eigenvalue weighted by atomic mass is 10.0. The number of carbonyl (C=O) groups excluding carboxylic acids is 2. The van der Waals surface area contributed by atoms with E-state index in [1.165, 1.54) is 21.9 Å². The van der Waals surface area contributed by atoms with Crippen molar-refractivity contribution in [3.63, 3.8) is 0 Å². The van der Waals surface area contributed by atoms with Gasteiger partial charge in [0.15, 0.2) is 0 Å². The van der Waals surface area contributed by atoms with Crippen LogP contribution in [-0.2, 0) is 11.3 Å². The summed E-state index contributed by atoms with van der Waals surface area (Å²) in [6.45, 7) is 3.82. The molecule has 2 heterocycles. The van der Waals surface area contributed by atoms with Crippen LogP contribution in [0.2, 0.25) is 0 Å². The molecule has 0 spiro atoms. The maximum Gasteiger partial charge on any atom is 0.338 e. The average molecular weight is 499 g/mol. The van der Waals surface area contributed by atoms with Gasteiger partial charge in [-0.2, -0.15) is 9.61 Å². The number of rotatable bonds is 6. The van der Waals surface area contributed by atoms with Crippen LogP contribution in [0.25, 0.3) is 15.7 Å². The molecule has 8 nitrogen and oxygen atoms in total. The Kier molecular flexibility index (Phi) is 6.30. The smallest absolute Gasteiger partial charge is 0.338 e. The van der Waals surface area contributed by atoms with Crippen LogP contribution in [0, 0.1) is 0 Å². The molecule has 0 unspecified atom stereocenters. The number of carbonyl (C=O) groups is 2. The highest BCUT2D eigenvalue weighted by Gasteiger charge is 2.15. The monoisotopic (exact) mass is 498 g/mol. The minimum absolute atomic E-state index is 0.161. The van der Waals surface area contributed by atoms with Crippen LogP contribution in [0.15, 0.2) is 77.6 Å². The van der Waals surface area contributed by atoms with Crippen molar-refractivity contribution in [2.75, 3.05) is 5.32 Å². The first kappa shape index (κ1) is 23.4. The first-order valence-electron chi connectivity index (χ1n) is 11.3. The number of hydrogen-bond acceptors (Lipinski definition) is 7. The minimum Gasteiger partial charge on any atom is -0.456 e. The van der Waals surface area contributed by atoms with Crippen LogP contribution >= 0.6 is 11.3 Å². The maximum atomic E-state index is 12.9. The van der Waals surface area contributed by atoms with Crippen LogP contribution in [0.5, 0.6) is 0 Å². The highest BCUT2D eigenvalue weighted by Crippen LogP contribution is 2.22. The number of fused-ring (bicyclic) bond motifs is 2. The van der Waals surface area contributed by atoms with E-state index >= 15 is 0 Å². The Morgan fingerprint density at radius 2 is 1.81 bits per heavy atom. The molecule has 0 aliphatic rings. The number of amides is 1. The number of benzene rings is 3. The fraction of sp³-hybridized carbons (Fsp3) is 0.148. The summed E-state index contributed by atoms with van der Waals surface area (Å²) in [5.41, 5.74) is 1.28. The van der Waals surface area contributed by atoms with Crippen LogP contribution < -0.4 is 10.9 Å². The largest absolute Gasteiger partial charge is 0.456 e. The molecule has 5 rings (SSSR count).